The third-order valence-corrected chi connectivity index (χ3v) is 3.93. The summed E-state index contributed by atoms with van der Waals surface area (Å²) in [4.78, 5) is 3.81. The van der Waals surface area contributed by atoms with Crippen molar-refractivity contribution in [3.8, 4) is 0 Å². The second kappa shape index (κ2) is 4.81. The van der Waals surface area contributed by atoms with Crippen molar-refractivity contribution in [1.82, 2.24) is 14.9 Å². The van der Waals surface area contributed by atoms with Crippen molar-refractivity contribution in [3.63, 3.8) is 0 Å². The predicted octanol–water partition coefficient (Wildman–Crippen LogP) is 2.74. The van der Waals surface area contributed by atoms with Gasteiger partial charge in [-0.3, -0.25) is 0 Å². The van der Waals surface area contributed by atoms with Crippen LogP contribution in [0.3, 0.4) is 0 Å². The number of hydrogen-bond donors (Lipinski definition) is 1. The van der Waals surface area contributed by atoms with E-state index >= 15 is 0 Å². The Labute approximate surface area is 110 Å². The summed E-state index contributed by atoms with van der Waals surface area (Å²) >= 11 is 0. The first-order valence-corrected chi connectivity index (χ1v) is 6.92. The summed E-state index contributed by atoms with van der Waals surface area (Å²) in [5.74, 6) is 0.0485. The molecule has 2 aliphatic rings. The highest BCUT2D eigenvalue weighted by atomic mass is 19.4. The van der Waals surface area contributed by atoms with Gasteiger partial charge in [-0.1, -0.05) is 12.8 Å². The lowest BCUT2D eigenvalue weighted by molar-refractivity contribution is -0.147. The second-order valence-electron chi connectivity index (χ2n) is 5.49. The van der Waals surface area contributed by atoms with Crippen molar-refractivity contribution in [3.05, 3.63) is 17.2 Å². The Balaban J connectivity index is 1.82. The van der Waals surface area contributed by atoms with Crippen molar-refractivity contribution < 1.29 is 13.2 Å². The molecular weight excluding hydrogens is 255 g/mol. The minimum absolute atomic E-state index is 0.452. The summed E-state index contributed by atoms with van der Waals surface area (Å²) in [7, 11) is 0. The summed E-state index contributed by atoms with van der Waals surface area (Å²) in [6.07, 6.45) is 0.654. The maximum absolute atomic E-state index is 13.0. The number of rotatable bonds is 4. The first kappa shape index (κ1) is 13.0. The third-order valence-electron chi connectivity index (χ3n) is 3.93. The first-order valence-electron chi connectivity index (χ1n) is 6.92. The molecule has 19 heavy (non-hydrogen) atoms. The Morgan fingerprint density at radius 3 is 2.79 bits per heavy atom. The quantitative estimate of drug-likeness (QED) is 0.914. The molecule has 3 rings (SSSR count). The van der Waals surface area contributed by atoms with Crippen molar-refractivity contribution in [1.29, 1.82) is 0 Å². The third kappa shape index (κ3) is 2.78. The molecule has 2 heterocycles. The minimum atomic E-state index is -4.35. The van der Waals surface area contributed by atoms with Crippen LogP contribution >= 0.6 is 0 Å². The summed E-state index contributed by atoms with van der Waals surface area (Å²) in [5.41, 5.74) is 1.35. The Hall–Kier alpha value is -1.04. The summed E-state index contributed by atoms with van der Waals surface area (Å²) < 4.78 is 40.5. The molecule has 3 nitrogen and oxygen atoms in total. The minimum Gasteiger partial charge on any atom is -0.324 e. The monoisotopic (exact) mass is 273 g/mol. The van der Waals surface area contributed by atoms with Crippen molar-refractivity contribution in [2.24, 2.45) is 5.92 Å². The molecule has 0 bridgehead atoms. The van der Waals surface area contributed by atoms with Crippen LogP contribution in [0.5, 0.6) is 0 Å². The lowest BCUT2D eigenvalue weighted by Crippen LogP contribution is -2.25. The molecule has 106 valence electrons. The van der Waals surface area contributed by atoms with E-state index in [2.05, 4.69) is 10.3 Å². The molecule has 0 spiro atoms. The van der Waals surface area contributed by atoms with Crippen molar-refractivity contribution in [2.45, 2.75) is 51.4 Å². The molecule has 0 saturated heterocycles. The van der Waals surface area contributed by atoms with Gasteiger partial charge in [0.1, 0.15) is 0 Å². The molecule has 1 aromatic heterocycles. The van der Waals surface area contributed by atoms with Crippen LogP contribution in [0.1, 0.15) is 42.9 Å². The average molecular weight is 273 g/mol. The van der Waals surface area contributed by atoms with E-state index in [0.717, 1.165) is 31.0 Å². The average Bonchev–Trinajstić information content (AvgIpc) is 3.09. The van der Waals surface area contributed by atoms with E-state index in [0.29, 0.717) is 25.2 Å². The molecule has 1 aliphatic heterocycles. The van der Waals surface area contributed by atoms with Gasteiger partial charge in [-0.05, 0) is 18.8 Å². The van der Waals surface area contributed by atoms with E-state index in [4.69, 9.17) is 0 Å². The zero-order valence-corrected chi connectivity index (χ0v) is 10.8. The molecule has 1 aliphatic carbocycles. The lowest BCUT2D eigenvalue weighted by atomic mass is 10.1. The van der Waals surface area contributed by atoms with Crippen LogP contribution in [0.4, 0.5) is 13.2 Å². The van der Waals surface area contributed by atoms with Gasteiger partial charge in [0.05, 0.1) is 5.69 Å². The van der Waals surface area contributed by atoms with Crippen LogP contribution in [0.25, 0.3) is 0 Å². The van der Waals surface area contributed by atoms with Gasteiger partial charge in [0.2, 0.25) is 5.82 Å². The fraction of sp³-hybridized carbons (Fsp3) is 0.769. The highest BCUT2D eigenvalue weighted by Crippen LogP contribution is 2.35. The van der Waals surface area contributed by atoms with Crippen LogP contribution in [-0.2, 0) is 25.7 Å². The molecule has 0 atom stereocenters. The topological polar surface area (TPSA) is 29.9 Å². The van der Waals surface area contributed by atoms with E-state index < -0.39 is 12.0 Å². The standard InChI is InChI=1S/C13H18F3N3/c14-13(15,16)12-18-10-8-17-6-5-11(10)19(12)7-1-2-9-3-4-9/h9,17H,1-8H2. The number of alkyl halides is 3. The highest BCUT2D eigenvalue weighted by molar-refractivity contribution is 5.21. The molecule has 0 radical (unpaired) electrons. The SMILES string of the molecule is FC(F)(F)c1nc2c(n1CCCC1CC1)CCNC2. The summed E-state index contributed by atoms with van der Waals surface area (Å²) in [6, 6.07) is 0. The molecule has 6 heteroatoms. The molecule has 0 unspecified atom stereocenters. The zero-order chi connectivity index (χ0) is 13.5. The fourth-order valence-electron chi connectivity index (χ4n) is 2.77. The predicted molar refractivity (Wildman–Crippen MR) is 64.6 cm³/mol. The van der Waals surface area contributed by atoms with Gasteiger partial charge in [0.15, 0.2) is 0 Å². The van der Waals surface area contributed by atoms with E-state index in [1.165, 1.54) is 17.4 Å². The van der Waals surface area contributed by atoms with Crippen LogP contribution < -0.4 is 5.32 Å². The van der Waals surface area contributed by atoms with Gasteiger partial charge < -0.3 is 9.88 Å². The van der Waals surface area contributed by atoms with Gasteiger partial charge in [-0.25, -0.2) is 4.98 Å². The fourth-order valence-corrected chi connectivity index (χ4v) is 2.77. The summed E-state index contributed by atoms with van der Waals surface area (Å²) in [5, 5.41) is 3.07. The van der Waals surface area contributed by atoms with Crippen LogP contribution in [0, 0.1) is 5.92 Å². The Morgan fingerprint density at radius 2 is 2.11 bits per heavy atom. The molecular formula is C13H18F3N3. The zero-order valence-electron chi connectivity index (χ0n) is 10.8. The Morgan fingerprint density at radius 1 is 1.32 bits per heavy atom. The maximum atomic E-state index is 13.0. The van der Waals surface area contributed by atoms with Gasteiger partial charge in [-0.2, -0.15) is 13.2 Å². The Bertz CT molecular complexity index is 460. The van der Waals surface area contributed by atoms with Crippen LogP contribution in [-0.4, -0.2) is 16.1 Å². The van der Waals surface area contributed by atoms with Crippen LogP contribution in [0.2, 0.25) is 0 Å². The highest BCUT2D eigenvalue weighted by Gasteiger charge is 2.39. The van der Waals surface area contributed by atoms with Gasteiger partial charge in [-0.15, -0.1) is 0 Å². The number of nitrogens with zero attached hydrogens (tertiary/aromatic N) is 2. The number of hydrogen-bond acceptors (Lipinski definition) is 2. The molecule has 1 fully saturated rings. The van der Waals surface area contributed by atoms with Crippen molar-refractivity contribution in [2.75, 3.05) is 6.54 Å². The summed E-state index contributed by atoms with van der Waals surface area (Å²) in [6.45, 7) is 1.64. The van der Waals surface area contributed by atoms with E-state index in [1.807, 2.05) is 0 Å². The molecule has 0 amide bonds. The number of aromatic nitrogens is 2. The maximum Gasteiger partial charge on any atom is 0.449 e. The van der Waals surface area contributed by atoms with E-state index in [1.54, 1.807) is 0 Å². The number of nitrogens with one attached hydrogen (secondary N) is 1. The largest absolute Gasteiger partial charge is 0.449 e. The van der Waals surface area contributed by atoms with Gasteiger partial charge in [0.25, 0.3) is 0 Å². The van der Waals surface area contributed by atoms with Crippen molar-refractivity contribution >= 4 is 0 Å². The Kier molecular flexibility index (Phi) is 3.28. The number of fused-ring (bicyclic) bond motifs is 1. The normalized spacial score (nSPS) is 19.5. The van der Waals surface area contributed by atoms with Gasteiger partial charge >= 0.3 is 6.18 Å². The first-order chi connectivity index (χ1) is 9.05. The molecule has 0 aromatic carbocycles. The number of halogens is 3. The second-order valence-corrected chi connectivity index (χ2v) is 5.49. The molecule has 1 N–H and O–H groups in total. The van der Waals surface area contributed by atoms with E-state index in [9.17, 15) is 13.2 Å². The lowest BCUT2D eigenvalue weighted by Gasteiger charge is -2.16. The molecule has 1 saturated carbocycles. The molecule has 1 aromatic rings. The van der Waals surface area contributed by atoms with Gasteiger partial charge in [0, 0.05) is 31.7 Å². The van der Waals surface area contributed by atoms with Crippen LogP contribution in [0.15, 0.2) is 0 Å². The number of imidazole rings is 1. The smallest absolute Gasteiger partial charge is 0.324 e. The van der Waals surface area contributed by atoms with E-state index in [-0.39, 0.29) is 0 Å².